The normalized spacial score (nSPS) is 17.7. The molecular formula is C21H30N2O6S. The molecule has 0 saturated carbocycles. The predicted molar refractivity (Wildman–Crippen MR) is 114 cm³/mol. The van der Waals surface area contributed by atoms with Crippen molar-refractivity contribution in [2.45, 2.75) is 52.0 Å². The first kappa shape index (κ1) is 23.9. The molecule has 2 atom stereocenters. The SMILES string of the molecule is CCCCc1ccc(N2CC(C(=O)NC(CCS(=O)(=O)CC)C(=O)O)CC2=O)cc1. The summed E-state index contributed by atoms with van der Waals surface area (Å²) in [4.78, 5) is 37.9. The fraction of sp³-hybridized carbons (Fsp3) is 0.571. The number of aryl methyl sites for hydroxylation is 1. The van der Waals surface area contributed by atoms with Crippen LogP contribution in [0.1, 0.15) is 45.1 Å². The van der Waals surface area contributed by atoms with Gasteiger partial charge in [0.2, 0.25) is 11.8 Å². The number of aliphatic carboxylic acids is 1. The lowest BCUT2D eigenvalue weighted by atomic mass is 10.1. The van der Waals surface area contributed by atoms with Crippen molar-refractivity contribution in [1.82, 2.24) is 5.32 Å². The van der Waals surface area contributed by atoms with Gasteiger partial charge < -0.3 is 15.3 Å². The number of carbonyl (C=O) groups excluding carboxylic acids is 2. The molecule has 0 bridgehead atoms. The summed E-state index contributed by atoms with van der Waals surface area (Å²) in [6.07, 6.45) is 2.95. The maximum absolute atomic E-state index is 12.5. The molecule has 1 aliphatic heterocycles. The number of hydrogen-bond donors (Lipinski definition) is 2. The minimum absolute atomic E-state index is 0.0109. The van der Waals surface area contributed by atoms with Gasteiger partial charge in [-0.05, 0) is 37.0 Å². The zero-order chi connectivity index (χ0) is 22.3. The van der Waals surface area contributed by atoms with Crippen molar-refractivity contribution in [3.05, 3.63) is 29.8 Å². The van der Waals surface area contributed by atoms with Gasteiger partial charge in [0.15, 0.2) is 0 Å². The largest absolute Gasteiger partial charge is 0.480 e. The van der Waals surface area contributed by atoms with Crippen LogP contribution in [0.15, 0.2) is 24.3 Å². The molecule has 9 heteroatoms. The van der Waals surface area contributed by atoms with Crippen LogP contribution in [-0.2, 0) is 30.6 Å². The van der Waals surface area contributed by atoms with Crippen LogP contribution in [0.2, 0.25) is 0 Å². The molecule has 2 N–H and O–H groups in total. The monoisotopic (exact) mass is 438 g/mol. The molecule has 166 valence electrons. The molecule has 1 aromatic rings. The Bertz CT molecular complexity index is 866. The first-order valence-electron chi connectivity index (χ1n) is 10.3. The van der Waals surface area contributed by atoms with E-state index in [1.807, 2.05) is 24.3 Å². The molecule has 2 unspecified atom stereocenters. The summed E-state index contributed by atoms with van der Waals surface area (Å²) in [7, 11) is -3.34. The van der Waals surface area contributed by atoms with Gasteiger partial charge in [0.05, 0.1) is 11.7 Å². The average Bonchev–Trinajstić information content (AvgIpc) is 3.11. The van der Waals surface area contributed by atoms with Crippen molar-refractivity contribution >= 4 is 33.3 Å². The summed E-state index contributed by atoms with van der Waals surface area (Å²) >= 11 is 0. The summed E-state index contributed by atoms with van der Waals surface area (Å²) < 4.78 is 23.3. The number of carboxylic acid groups (broad SMARTS) is 1. The van der Waals surface area contributed by atoms with Gasteiger partial charge in [-0.3, -0.25) is 9.59 Å². The lowest BCUT2D eigenvalue weighted by molar-refractivity contribution is -0.142. The molecule has 1 aromatic carbocycles. The summed E-state index contributed by atoms with van der Waals surface area (Å²) in [6.45, 7) is 3.78. The van der Waals surface area contributed by atoms with Gasteiger partial charge in [-0.1, -0.05) is 32.4 Å². The Hall–Kier alpha value is -2.42. The van der Waals surface area contributed by atoms with Gasteiger partial charge >= 0.3 is 5.97 Å². The number of amides is 2. The highest BCUT2D eigenvalue weighted by Crippen LogP contribution is 2.26. The van der Waals surface area contributed by atoms with E-state index in [2.05, 4.69) is 12.2 Å². The van der Waals surface area contributed by atoms with Crippen LogP contribution in [0.25, 0.3) is 0 Å². The van der Waals surface area contributed by atoms with Crippen LogP contribution in [0.3, 0.4) is 0 Å². The van der Waals surface area contributed by atoms with E-state index in [1.165, 1.54) is 17.4 Å². The standard InChI is InChI=1S/C21H30N2O6S/c1-3-5-6-15-7-9-17(10-8-15)23-14-16(13-19(23)24)20(25)22-18(21(26)27)11-12-30(28,29)4-2/h7-10,16,18H,3-6,11-14H2,1-2H3,(H,22,25)(H,26,27). The first-order chi connectivity index (χ1) is 14.2. The lowest BCUT2D eigenvalue weighted by Gasteiger charge is -2.19. The van der Waals surface area contributed by atoms with Gasteiger partial charge in [0, 0.05) is 24.4 Å². The lowest BCUT2D eigenvalue weighted by Crippen LogP contribution is -2.45. The molecule has 1 heterocycles. The molecule has 2 rings (SSSR count). The molecule has 8 nitrogen and oxygen atoms in total. The number of nitrogens with zero attached hydrogens (tertiary/aromatic N) is 1. The average molecular weight is 439 g/mol. The molecule has 1 saturated heterocycles. The van der Waals surface area contributed by atoms with Gasteiger partial charge in [0.1, 0.15) is 15.9 Å². The fourth-order valence-corrected chi connectivity index (χ4v) is 4.23. The highest BCUT2D eigenvalue weighted by Gasteiger charge is 2.36. The number of sulfone groups is 1. The number of unbranched alkanes of at least 4 members (excludes halogenated alkanes) is 1. The Balaban J connectivity index is 1.98. The van der Waals surface area contributed by atoms with Crippen molar-refractivity contribution in [3.63, 3.8) is 0 Å². The number of hydrogen-bond acceptors (Lipinski definition) is 5. The van der Waals surface area contributed by atoms with Gasteiger partial charge in [-0.2, -0.15) is 0 Å². The molecular weight excluding hydrogens is 408 g/mol. The quantitative estimate of drug-likeness (QED) is 0.543. The number of carboxylic acids is 1. The van der Waals surface area contributed by atoms with E-state index in [9.17, 15) is 27.9 Å². The van der Waals surface area contributed by atoms with Crippen LogP contribution < -0.4 is 10.2 Å². The van der Waals surface area contributed by atoms with Crippen molar-refractivity contribution in [3.8, 4) is 0 Å². The van der Waals surface area contributed by atoms with E-state index in [4.69, 9.17) is 0 Å². The second-order valence-corrected chi connectivity index (χ2v) is 10.1. The third kappa shape index (κ3) is 6.55. The first-order valence-corrected chi connectivity index (χ1v) is 12.1. The number of nitrogens with one attached hydrogen (secondary N) is 1. The van der Waals surface area contributed by atoms with E-state index in [0.29, 0.717) is 5.69 Å². The second kappa shape index (κ2) is 10.6. The smallest absolute Gasteiger partial charge is 0.326 e. The second-order valence-electron chi connectivity index (χ2n) is 7.60. The zero-order valence-corrected chi connectivity index (χ0v) is 18.3. The van der Waals surface area contributed by atoms with E-state index < -0.39 is 33.7 Å². The molecule has 0 radical (unpaired) electrons. The Kier molecular flexibility index (Phi) is 8.40. The Morgan fingerprint density at radius 1 is 1.23 bits per heavy atom. The number of carbonyl (C=O) groups is 3. The van der Waals surface area contributed by atoms with E-state index in [0.717, 1.165) is 19.3 Å². The Morgan fingerprint density at radius 3 is 2.47 bits per heavy atom. The van der Waals surface area contributed by atoms with Gasteiger partial charge in [-0.15, -0.1) is 0 Å². The molecule has 1 fully saturated rings. The minimum Gasteiger partial charge on any atom is -0.480 e. The Morgan fingerprint density at radius 2 is 1.90 bits per heavy atom. The number of benzene rings is 1. The van der Waals surface area contributed by atoms with Crippen LogP contribution in [-0.4, -0.2) is 55.4 Å². The highest BCUT2D eigenvalue weighted by molar-refractivity contribution is 7.91. The number of rotatable bonds is 11. The topological polar surface area (TPSA) is 121 Å². The van der Waals surface area contributed by atoms with E-state index in [1.54, 1.807) is 0 Å². The molecule has 0 spiro atoms. The maximum atomic E-state index is 12.5. The minimum atomic E-state index is -3.34. The zero-order valence-electron chi connectivity index (χ0n) is 17.5. The molecule has 0 aromatic heterocycles. The summed E-state index contributed by atoms with van der Waals surface area (Å²) in [5, 5.41) is 11.7. The third-order valence-electron chi connectivity index (χ3n) is 5.33. The molecule has 2 amide bonds. The maximum Gasteiger partial charge on any atom is 0.326 e. The number of anilines is 1. The summed E-state index contributed by atoms with van der Waals surface area (Å²) in [5.74, 6) is -3.12. The molecule has 0 aliphatic carbocycles. The Labute approximate surface area is 177 Å². The van der Waals surface area contributed by atoms with Crippen LogP contribution in [0.5, 0.6) is 0 Å². The van der Waals surface area contributed by atoms with E-state index in [-0.39, 0.29) is 36.8 Å². The highest BCUT2D eigenvalue weighted by atomic mass is 32.2. The summed E-state index contributed by atoms with van der Waals surface area (Å²) in [6, 6.07) is 6.36. The van der Waals surface area contributed by atoms with E-state index >= 15 is 0 Å². The van der Waals surface area contributed by atoms with Crippen molar-refractivity contribution in [2.75, 3.05) is 23.0 Å². The van der Waals surface area contributed by atoms with Crippen molar-refractivity contribution in [1.29, 1.82) is 0 Å². The third-order valence-corrected chi connectivity index (χ3v) is 7.07. The van der Waals surface area contributed by atoms with Crippen LogP contribution in [0, 0.1) is 5.92 Å². The summed E-state index contributed by atoms with van der Waals surface area (Å²) in [5.41, 5.74) is 1.90. The van der Waals surface area contributed by atoms with Gasteiger partial charge in [0.25, 0.3) is 0 Å². The molecule has 30 heavy (non-hydrogen) atoms. The van der Waals surface area contributed by atoms with Gasteiger partial charge in [-0.25, -0.2) is 13.2 Å². The predicted octanol–water partition coefficient (Wildman–Crippen LogP) is 1.78. The van der Waals surface area contributed by atoms with Crippen molar-refractivity contribution < 1.29 is 27.9 Å². The molecule has 1 aliphatic rings. The van der Waals surface area contributed by atoms with Crippen molar-refractivity contribution in [2.24, 2.45) is 5.92 Å². The van der Waals surface area contributed by atoms with Crippen LogP contribution >= 0.6 is 0 Å². The fourth-order valence-electron chi connectivity index (χ4n) is 3.34. The van der Waals surface area contributed by atoms with Crippen LogP contribution in [0.4, 0.5) is 5.69 Å².